The summed E-state index contributed by atoms with van der Waals surface area (Å²) in [6.45, 7) is 0.724. The molecule has 0 spiro atoms. The highest BCUT2D eigenvalue weighted by Gasteiger charge is 2.16. The molecule has 0 aliphatic heterocycles. The van der Waals surface area contributed by atoms with Crippen LogP contribution in [0.25, 0.3) is 6.08 Å². The number of aromatic amines is 2. The number of hydrogen-bond donors (Lipinski definition) is 5. The third-order valence-electron chi connectivity index (χ3n) is 2.87. The van der Waals surface area contributed by atoms with Gasteiger partial charge in [0, 0.05) is 5.69 Å². The largest absolute Gasteiger partial charge is 0.394 e. The number of aliphatic hydroxyl groups excluding tert-OH is 3. The Balaban J connectivity index is 3.02. The van der Waals surface area contributed by atoms with Gasteiger partial charge in [0.05, 0.1) is 18.3 Å². The molecule has 0 aliphatic rings. The van der Waals surface area contributed by atoms with Crippen LogP contribution in [-0.2, 0) is 11.2 Å². The van der Waals surface area contributed by atoms with Gasteiger partial charge in [0.15, 0.2) is 5.78 Å². The predicted octanol–water partition coefficient (Wildman–Crippen LogP) is -1.69. The monoisotopic (exact) mass is 298 g/mol. The molecule has 8 nitrogen and oxygen atoms in total. The van der Waals surface area contributed by atoms with Crippen molar-refractivity contribution >= 4 is 11.9 Å². The number of aromatic nitrogens is 2. The van der Waals surface area contributed by atoms with E-state index in [1.807, 2.05) is 4.98 Å². The van der Waals surface area contributed by atoms with Crippen molar-refractivity contribution in [3.8, 4) is 0 Å². The highest BCUT2D eigenvalue weighted by atomic mass is 16.4. The van der Waals surface area contributed by atoms with E-state index in [9.17, 15) is 24.6 Å². The fourth-order valence-corrected chi connectivity index (χ4v) is 1.72. The molecule has 1 heterocycles. The van der Waals surface area contributed by atoms with Gasteiger partial charge in [-0.3, -0.25) is 14.6 Å². The van der Waals surface area contributed by atoms with Gasteiger partial charge < -0.3 is 20.3 Å². The first-order chi connectivity index (χ1) is 9.85. The number of aryl methyl sites for hydroxylation is 1. The molecule has 0 radical (unpaired) electrons. The smallest absolute Gasteiger partial charge is 0.325 e. The lowest BCUT2D eigenvalue weighted by Gasteiger charge is -2.15. The van der Waals surface area contributed by atoms with Crippen LogP contribution in [0.5, 0.6) is 0 Å². The zero-order valence-electron chi connectivity index (χ0n) is 11.5. The van der Waals surface area contributed by atoms with E-state index in [-0.39, 0.29) is 29.9 Å². The van der Waals surface area contributed by atoms with Crippen molar-refractivity contribution in [1.82, 2.24) is 9.97 Å². The van der Waals surface area contributed by atoms with Crippen LogP contribution in [0.4, 0.5) is 0 Å². The highest BCUT2D eigenvalue weighted by Crippen LogP contribution is 2.08. The molecule has 0 bridgehead atoms. The molecule has 116 valence electrons. The number of hydrogen-bond acceptors (Lipinski definition) is 6. The molecule has 0 fully saturated rings. The molecule has 8 heteroatoms. The Bertz CT molecular complexity index is 630. The van der Waals surface area contributed by atoms with E-state index in [1.165, 1.54) is 19.1 Å². The normalized spacial score (nSPS) is 14.3. The molecule has 0 saturated carbocycles. The number of rotatable bonds is 7. The number of carbonyl (C=O) groups excluding carboxylic acids is 1. The Morgan fingerprint density at radius 1 is 1.24 bits per heavy atom. The van der Waals surface area contributed by atoms with E-state index >= 15 is 0 Å². The Hall–Kier alpha value is -2.03. The van der Waals surface area contributed by atoms with Crippen LogP contribution in [0.1, 0.15) is 24.6 Å². The Morgan fingerprint density at radius 2 is 1.90 bits per heavy atom. The molecule has 0 saturated heterocycles. The van der Waals surface area contributed by atoms with Crippen molar-refractivity contribution in [2.45, 2.75) is 32.0 Å². The summed E-state index contributed by atoms with van der Waals surface area (Å²) >= 11 is 0. The lowest BCUT2D eigenvalue weighted by atomic mass is 10.0. The summed E-state index contributed by atoms with van der Waals surface area (Å²) in [4.78, 5) is 38.4. The fraction of sp³-hybridized carbons (Fsp3) is 0.462. The van der Waals surface area contributed by atoms with Gasteiger partial charge in [-0.2, -0.15) is 0 Å². The predicted molar refractivity (Wildman–Crippen MR) is 74.8 cm³/mol. The maximum atomic E-state index is 11.7. The van der Waals surface area contributed by atoms with Gasteiger partial charge in [-0.15, -0.1) is 0 Å². The van der Waals surface area contributed by atoms with Crippen LogP contribution >= 0.6 is 0 Å². The Labute approximate surface area is 119 Å². The Kier molecular flexibility index (Phi) is 6.22. The molecular formula is C13H18N2O6. The highest BCUT2D eigenvalue weighted by molar-refractivity contribution is 5.91. The summed E-state index contributed by atoms with van der Waals surface area (Å²) in [5, 5.41) is 27.5. The third-order valence-corrected chi connectivity index (χ3v) is 2.87. The molecule has 1 aromatic heterocycles. The first-order valence-corrected chi connectivity index (χ1v) is 6.36. The maximum Gasteiger partial charge on any atom is 0.325 e. The number of allylic oxidation sites excluding steroid dienone is 1. The first kappa shape index (κ1) is 17.0. The molecule has 1 rings (SSSR count). The summed E-state index contributed by atoms with van der Waals surface area (Å²) in [7, 11) is 0. The van der Waals surface area contributed by atoms with Gasteiger partial charge in [-0.05, 0) is 31.9 Å². The van der Waals surface area contributed by atoms with Crippen molar-refractivity contribution in [2.24, 2.45) is 0 Å². The quantitative estimate of drug-likeness (QED) is 0.380. The zero-order valence-corrected chi connectivity index (χ0v) is 11.5. The van der Waals surface area contributed by atoms with E-state index in [4.69, 9.17) is 5.11 Å². The molecule has 0 aromatic carbocycles. The van der Waals surface area contributed by atoms with Gasteiger partial charge in [-0.1, -0.05) is 0 Å². The number of ketones is 1. The molecule has 0 amide bonds. The number of nitrogens with one attached hydrogen (secondary N) is 2. The second-order valence-electron chi connectivity index (χ2n) is 4.60. The maximum absolute atomic E-state index is 11.7. The number of aliphatic hydroxyl groups is 3. The lowest BCUT2D eigenvalue weighted by Crippen LogP contribution is -2.31. The van der Waals surface area contributed by atoms with Gasteiger partial charge in [-0.25, -0.2) is 4.79 Å². The van der Waals surface area contributed by atoms with Crippen molar-refractivity contribution in [3.63, 3.8) is 0 Å². The van der Waals surface area contributed by atoms with Crippen molar-refractivity contribution in [1.29, 1.82) is 0 Å². The summed E-state index contributed by atoms with van der Waals surface area (Å²) in [5.74, 6) is -0.262. The molecule has 2 unspecified atom stereocenters. The van der Waals surface area contributed by atoms with Crippen LogP contribution in [0, 0.1) is 0 Å². The summed E-state index contributed by atoms with van der Waals surface area (Å²) in [5.41, 5.74) is -1.00. The van der Waals surface area contributed by atoms with Crippen LogP contribution in [0.2, 0.25) is 0 Å². The van der Waals surface area contributed by atoms with Crippen LogP contribution in [0.3, 0.4) is 0 Å². The molecular weight excluding hydrogens is 280 g/mol. The van der Waals surface area contributed by atoms with Crippen LogP contribution in [0.15, 0.2) is 15.7 Å². The zero-order chi connectivity index (χ0) is 16.0. The van der Waals surface area contributed by atoms with Gasteiger partial charge in [0.2, 0.25) is 0 Å². The SMILES string of the molecule is CC(=O)C=Cc1c(CCC(O)C(O)CO)[nH]c(=O)[nH]c1=O. The van der Waals surface area contributed by atoms with E-state index in [2.05, 4.69) is 4.98 Å². The van der Waals surface area contributed by atoms with Gasteiger partial charge >= 0.3 is 5.69 Å². The molecule has 1 aromatic rings. The second-order valence-corrected chi connectivity index (χ2v) is 4.60. The summed E-state index contributed by atoms with van der Waals surface area (Å²) in [6.07, 6.45) is 0.0984. The summed E-state index contributed by atoms with van der Waals surface area (Å²) < 4.78 is 0. The average molecular weight is 298 g/mol. The van der Waals surface area contributed by atoms with Crippen molar-refractivity contribution in [2.75, 3.05) is 6.61 Å². The summed E-state index contributed by atoms with van der Waals surface area (Å²) in [6, 6.07) is 0. The molecule has 0 aliphatic carbocycles. The van der Waals surface area contributed by atoms with Crippen molar-refractivity contribution < 1.29 is 20.1 Å². The third kappa shape index (κ3) is 5.10. The van der Waals surface area contributed by atoms with Gasteiger partial charge in [0.1, 0.15) is 6.10 Å². The standard InChI is InChI=1S/C13H18N2O6/c1-7(17)2-3-8-9(14-13(21)15-12(8)20)4-5-10(18)11(19)6-16/h2-3,10-11,16,18-19H,4-6H2,1H3,(H2,14,15,20,21). The minimum Gasteiger partial charge on any atom is -0.394 e. The molecule has 5 N–H and O–H groups in total. The molecule has 2 atom stereocenters. The minimum atomic E-state index is -1.30. The average Bonchev–Trinajstić information content (AvgIpc) is 2.42. The number of H-pyrrole nitrogens is 2. The number of carbonyl (C=O) groups is 1. The fourth-order valence-electron chi connectivity index (χ4n) is 1.72. The van der Waals surface area contributed by atoms with Gasteiger partial charge in [0.25, 0.3) is 5.56 Å². The molecule has 21 heavy (non-hydrogen) atoms. The van der Waals surface area contributed by atoms with E-state index < -0.39 is 30.1 Å². The van der Waals surface area contributed by atoms with E-state index in [0.717, 1.165) is 0 Å². The van der Waals surface area contributed by atoms with Crippen LogP contribution in [-0.4, -0.2) is 49.9 Å². The minimum absolute atomic E-state index is 0.0298. The van der Waals surface area contributed by atoms with Crippen molar-refractivity contribution in [3.05, 3.63) is 38.2 Å². The van der Waals surface area contributed by atoms with Crippen LogP contribution < -0.4 is 11.2 Å². The Morgan fingerprint density at radius 3 is 2.48 bits per heavy atom. The lowest BCUT2D eigenvalue weighted by molar-refractivity contribution is -0.112. The topological polar surface area (TPSA) is 143 Å². The van der Waals surface area contributed by atoms with E-state index in [1.54, 1.807) is 0 Å². The van der Waals surface area contributed by atoms with E-state index in [0.29, 0.717) is 0 Å². The first-order valence-electron chi connectivity index (χ1n) is 6.36. The second kappa shape index (κ2) is 7.67.